The van der Waals surface area contributed by atoms with E-state index in [1.54, 1.807) is 6.20 Å². The number of aromatic nitrogens is 2. The highest BCUT2D eigenvalue weighted by molar-refractivity contribution is 5.73. The molecule has 0 bridgehead atoms. The van der Waals surface area contributed by atoms with E-state index >= 15 is 0 Å². The van der Waals surface area contributed by atoms with Crippen molar-refractivity contribution in [2.45, 2.75) is 20.4 Å². The van der Waals surface area contributed by atoms with Crippen LogP contribution >= 0.6 is 0 Å². The molecule has 2 aromatic heterocycles. The molecule has 0 saturated carbocycles. The lowest BCUT2D eigenvalue weighted by molar-refractivity contribution is -0.119. The SMILES string of the molecule is CC(=O)NCc1ccc(-c2cc(-c3ccc(C)nc3)on2)cc1. The van der Waals surface area contributed by atoms with Crippen molar-refractivity contribution in [1.29, 1.82) is 0 Å². The summed E-state index contributed by atoms with van der Waals surface area (Å²) in [5.74, 6) is 0.650. The molecule has 1 N–H and O–H groups in total. The normalized spacial score (nSPS) is 10.5. The maximum Gasteiger partial charge on any atom is 0.217 e. The van der Waals surface area contributed by atoms with Crippen molar-refractivity contribution in [3.05, 3.63) is 59.9 Å². The van der Waals surface area contributed by atoms with Gasteiger partial charge in [-0.05, 0) is 24.6 Å². The quantitative estimate of drug-likeness (QED) is 0.802. The van der Waals surface area contributed by atoms with Gasteiger partial charge in [0.1, 0.15) is 5.69 Å². The number of pyridine rings is 1. The molecule has 1 amide bonds. The Morgan fingerprint density at radius 2 is 1.87 bits per heavy atom. The van der Waals surface area contributed by atoms with Crippen LogP contribution < -0.4 is 5.32 Å². The predicted molar refractivity (Wildman–Crippen MR) is 87.4 cm³/mol. The molecule has 5 nitrogen and oxygen atoms in total. The number of hydrogen-bond donors (Lipinski definition) is 1. The lowest BCUT2D eigenvalue weighted by atomic mass is 10.1. The first-order valence-electron chi connectivity index (χ1n) is 7.35. The fraction of sp³-hybridized carbons (Fsp3) is 0.167. The van der Waals surface area contributed by atoms with Gasteiger partial charge in [-0.25, -0.2) is 0 Å². The molecule has 1 aromatic carbocycles. The first kappa shape index (κ1) is 15.0. The minimum absolute atomic E-state index is 0.0399. The molecule has 0 atom stereocenters. The van der Waals surface area contributed by atoms with Crippen LogP contribution in [-0.2, 0) is 11.3 Å². The topological polar surface area (TPSA) is 68.0 Å². The number of hydrogen-bond acceptors (Lipinski definition) is 4. The summed E-state index contributed by atoms with van der Waals surface area (Å²) >= 11 is 0. The van der Waals surface area contributed by atoms with Gasteiger partial charge in [0.05, 0.1) is 0 Å². The molecule has 0 aliphatic rings. The summed E-state index contributed by atoms with van der Waals surface area (Å²) in [6.07, 6.45) is 1.77. The fourth-order valence-corrected chi connectivity index (χ4v) is 2.18. The Morgan fingerprint density at radius 3 is 2.52 bits per heavy atom. The lowest BCUT2D eigenvalue weighted by Crippen LogP contribution is -2.18. The molecule has 116 valence electrons. The van der Waals surface area contributed by atoms with Crippen molar-refractivity contribution in [3.8, 4) is 22.6 Å². The van der Waals surface area contributed by atoms with Crippen LogP contribution in [0.1, 0.15) is 18.2 Å². The van der Waals surface area contributed by atoms with Crippen LogP contribution in [0.3, 0.4) is 0 Å². The molecule has 0 spiro atoms. The zero-order valence-electron chi connectivity index (χ0n) is 13.0. The number of carbonyl (C=O) groups is 1. The minimum atomic E-state index is -0.0399. The first-order chi connectivity index (χ1) is 11.1. The molecule has 0 saturated heterocycles. The van der Waals surface area contributed by atoms with Crippen molar-refractivity contribution >= 4 is 5.91 Å². The average Bonchev–Trinajstić information content (AvgIpc) is 3.04. The molecule has 0 radical (unpaired) electrons. The molecule has 23 heavy (non-hydrogen) atoms. The Balaban J connectivity index is 1.77. The van der Waals surface area contributed by atoms with Gasteiger partial charge in [0.25, 0.3) is 0 Å². The summed E-state index contributed by atoms with van der Waals surface area (Å²) in [4.78, 5) is 15.2. The van der Waals surface area contributed by atoms with Gasteiger partial charge in [0.15, 0.2) is 5.76 Å². The molecule has 0 fully saturated rings. The minimum Gasteiger partial charge on any atom is -0.356 e. The number of nitrogens with zero attached hydrogens (tertiary/aromatic N) is 2. The third kappa shape index (κ3) is 3.63. The van der Waals surface area contributed by atoms with Gasteiger partial charge in [-0.2, -0.15) is 0 Å². The van der Waals surface area contributed by atoms with Gasteiger partial charge < -0.3 is 9.84 Å². The summed E-state index contributed by atoms with van der Waals surface area (Å²) in [5, 5.41) is 6.89. The van der Waals surface area contributed by atoms with Gasteiger partial charge >= 0.3 is 0 Å². The average molecular weight is 307 g/mol. The van der Waals surface area contributed by atoms with E-state index in [0.29, 0.717) is 12.3 Å². The van der Waals surface area contributed by atoms with Crippen molar-refractivity contribution < 1.29 is 9.32 Å². The molecule has 0 aliphatic heterocycles. The molecular weight excluding hydrogens is 290 g/mol. The van der Waals surface area contributed by atoms with Gasteiger partial charge in [-0.15, -0.1) is 0 Å². The molecule has 3 aromatic rings. The van der Waals surface area contributed by atoms with Crippen LogP contribution in [0.2, 0.25) is 0 Å². The number of amides is 1. The Bertz CT molecular complexity index is 805. The Kier molecular flexibility index (Phi) is 4.19. The van der Waals surface area contributed by atoms with E-state index in [1.165, 1.54) is 6.92 Å². The van der Waals surface area contributed by atoms with Crippen LogP contribution in [0.5, 0.6) is 0 Å². The summed E-state index contributed by atoms with van der Waals surface area (Å²) in [6.45, 7) is 3.97. The Hall–Kier alpha value is -2.95. The molecular formula is C18H17N3O2. The second-order valence-corrected chi connectivity index (χ2v) is 5.37. The summed E-state index contributed by atoms with van der Waals surface area (Å²) < 4.78 is 5.41. The van der Waals surface area contributed by atoms with E-state index in [1.807, 2.05) is 49.4 Å². The van der Waals surface area contributed by atoms with Crippen LogP contribution in [0, 0.1) is 6.92 Å². The maximum absolute atomic E-state index is 10.9. The predicted octanol–water partition coefficient (Wildman–Crippen LogP) is 3.35. The van der Waals surface area contributed by atoms with Gasteiger partial charge in [0, 0.05) is 42.6 Å². The first-order valence-corrected chi connectivity index (χ1v) is 7.35. The zero-order valence-corrected chi connectivity index (χ0v) is 13.0. The highest BCUT2D eigenvalue weighted by Crippen LogP contribution is 2.25. The summed E-state index contributed by atoms with van der Waals surface area (Å²) in [6, 6.07) is 13.7. The second kappa shape index (κ2) is 6.44. The standard InChI is InChI=1S/C18H17N3O2/c1-12-3-6-16(11-19-12)18-9-17(21-23-18)15-7-4-14(5-8-15)10-20-13(2)22/h3-9,11H,10H2,1-2H3,(H,20,22). The third-order valence-corrected chi connectivity index (χ3v) is 3.50. The molecule has 0 aliphatic carbocycles. The fourth-order valence-electron chi connectivity index (χ4n) is 2.18. The smallest absolute Gasteiger partial charge is 0.217 e. The van der Waals surface area contributed by atoms with Crippen LogP contribution in [-0.4, -0.2) is 16.0 Å². The van der Waals surface area contributed by atoms with E-state index in [-0.39, 0.29) is 5.91 Å². The Labute approximate surface area is 134 Å². The van der Waals surface area contributed by atoms with E-state index in [9.17, 15) is 4.79 Å². The number of benzene rings is 1. The van der Waals surface area contributed by atoms with Crippen molar-refractivity contribution in [1.82, 2.24) is 15.5 Å². The van der Waals surface area contributed by atoms with E-state index in [0.717, 1.165) is 28.1 Å². The van der Waals surface area contributed by atoms with E-state index in [2.05, 4.69) is 15.5 Å². The maximum atomic E-state index is 10.9. The largest absolute Gasteiger partial charge is 0.356 e. The molecule has 2 heterocycles. The van der Waals surface area contributed by atoms with Crippen molar-refractivity contribution in [2.24, 2.45) is 0 Å². The third-order valence-electron chi connectivity index (χ3n) is 3.50. The highest BCUT2D eigenvalue weighted by Gasteiger charge is 2.09. The monoisotopic (exact) mass is 307 g/mol. The molecule has 5 heteroatoms. The highest BCUT2D eigenvalue weighted by atomic mass is 16.5. The molecule has 3 rings (SSSR count). The number of aryl methyl sites for hydroxylation is 1. The Morgan fingerprint density at radius 1 is 1.13 bits per heavy atom. The van der Waals surface area contributed by atoms with E-state index < -0.39 is 0 Å². The number of carbonyl (C=O) groups excluding carboxylic acids is 1. The van der Waals surface area contributed by atoms with Crippen LogP contribution in [0.4, 0.5) is 0 Å². The summed E-state index contributed by atoms with van der Waals surface area (Å²) in [5.41, 5.74) is 4.63. The van der Waals surface area contributed by atoms with Crippen molar-refractivity contribution in [3.63, 3.8) is 0 Å². The van der Waals surface area contributed by atoms with Gasteiger partial charge in [-0.1, -0.05) is 29.4 Å². The lowest BCUT2D eigenvalue weighted by Gasteiger charge is -2.03. The molecule has 0 unspecified atom stereocenters. The van der Waals surface area contributed by atoms with Crippen molar-refractivity contribution in [2.75, 3.05) is 0 Å². The van der Waals surface area contributed by atoms with Crippen LogP contribution in [0.25, 0.3) is 22.6 Å². The van der Waals surface area contributed by atoms with Crippen LogP contribution in [0.15, 0.2) is 53.2 Å². The number of rotatable bonds is 4. The second-order valence-electron chi connectivity index (χ2n) is 5.37. The number of nitrogens with one attached hydrogen (secondary N) is 1. The zero-order chi connectivity index (χ0) is 16.2. The van der Waals surface area contributed by atoms with E-state index in [4.69, 9.17) is 4.52 Å². The summed E-state index contributed by atoms with van der Waals surface area (Å²) in [7, 11) is 0. The van der Waals surface area contributed by atoms with Gasteiger partial charge in [-0.3, -0.25) is 9.78 Å². The van der Waals surface area contributed by atoms with Gasteiger partial charge in [0.2, 0.25) is 5.91 Å².